The van der Waals surface area contributed by atoms with Crippen LogP contribution in [0.5, 0.6) is 5.75 Å². The molecule has 0 saturated carbocycles. The van der Waals surface area contributed by atoms with Gasteiger partial charge >= 0.3 is 5.97 Å². The fourth-order valence-electron chi connectivity index (χ4n) is 2.92. The molecule has 1 aromatic heterocycles. The normalized spacial score (nSPS) is 11.0. The van der Waals surface area contributed by atoms with Crippen LogP contribution >= 0.6 is 11.6 Å². The van der Waals surface area contributed by atoms with Crippen molar-refractivity contribution in [1.82, 2.24) is 9.78 Å². The van der Waals surface area contributed by atoms with Gasteiger partial charge in [-0.05, 0) is 18.2 Å². The summed E-state index contributed by atoms with van der Waals surface area (Å²) in [6, 6.07) is 17.5. The number of fused-ring (bicyclic) bond motifs is 2. The topological polar surface area (TPSA) is 61.2 Å². The van der Waals surface area contributed by atoms with Crippen molar-refractivity contribution < 1.29 is 9.53 Å². The Kier molecular flexibility index (Phi) is 3.93. The number of nitrogens with zero attached hydrogens (tertiary/aromatic N) is 2. The fraction of sp³-hybridized carbons (Fsp3) is 0.0500. The molecular weight excluding hydrogens is 352 g/mol. The van der Waals surface area contributed by atoms with Gasteiger partial charge in [0.25, 0.3) is 5.56 Å². The predicted octanol–water partition coefficient (Wildman–Crippen LogP) is 3.96. The van der Waals surface area contributed by atoms with Crippen LogP contribution in [0.1, 0.15) is 10.5 Å². The summed E-state index contributed by atoms with van der Waals surface area (Å²) in [6.45, 7) is 0. The lowest BCUT2D eigenvalue weighted by molar-refractivity contribution is 0.0730. The molecular formula is C20H13ClN2O3. The molecule has 0 atom stereocenters. The van der Waals surface area contributed by atoms with E-state index in [1.807, 2.05) is 24.3 Å². The Morgan fingerprint density at radius 3 is 2.27 bits per heavy atom. The minimum absolute atomic E-state index is 0.0849. The van der Waals surface area contributed by atoms with Gasteiger partial charge in [-0.3, -0.25) is 4.79 Å². The molecule has 0 amide bonds. The molecule has 6 heteroatoms. The molecule has 0 saturated heterocycles. The molecule has 3 aromatic carbocycles. The van der Waals surface area contributed by atoms with Crippen LogP contribution in [0.25, 0.3) is 21.5 Å². The third-order valence-electron chi connectivity index (χ3n) is 4.18. The summed E-state index contributed by atoms with van der Waals surface area (Å²) in [4.78, 5) is 25.0. The first kappa shape index (κ1) is 16.3. The first-order chi connectivity index (χ1) is 12.6. The number of rotatable bonds is 2. The van der Waals surface area contributed by atoms with E-state index in [0.717, 1.165) is 15.5 Å². The lowest BCUT2D eigenvalue weighted by atomic mass is 10.1. The number of halogens is 1. The molecule has 0 spiro atoms. The number of esters is 1. The third-order valence-corrected chi connectivity index (χ3v) is 4.51. The van der Waals surface area contributed by atoms with E-state index in [2.05, 4.69) is 5.10 Å². The standard InChI is InChI=1S/C20H13ClN2O3/c1-23-19(24)15-9-5-4-8-14(15)18(22-23)20(25)26-17-11-10-16(21)12-6-2-3-7-13(12)17/h2-11H,1H3. The summed E-state index contributed by atoms with van der Waals surface area (Å²) in [5.74, 6) is -0.251. The number of aromatic nitrogens is 2. The first-order valence-electron chi connectivity index (χ1n) is 7.92. The number of benzene rings is 3. The summed E-state index contributed by atoms with van der Waals surface area (Å²) < 4.78 is 6.73. The van der Waals surface area contributed by atoms with Gasteiger partial charge in [0, 0.05) is 28.2 Å². The van der Waals surface area contributed by atoms with Crippen molar-refractivity contribution in [2.75, 3.05) is 0 Å². The highest BCUT2D eigenvalue weighted by Crippen LogP contribution is 2.31. The average molecular weight is 365 g/mol. The van der Waals surface area contributed by atoms with Gasteiger partial charge in [-0.1, -0.05) is 54.1 Å². The van der Waals surface area contributed by atoms with Gasteiger partial charge in [0.05, 0.1) is 5.39 Å². The zero-order valence-electron chi connectivity index (χ0n) is 13.8. The summed E-state index contributed by atoms with van der Waals surface area (Å²) in [7, 11) is 1.50. The van der Waals surface area contributed by atoms with Crippen LogP contribution in [0.15, 0.2) is 65.5 Å². The smallest absolute Gasteiger partial charge is 0.364 e. The lowest BCUT2D eigenvalue weighted by Gasteiger charge is -2.10. The highest BCUT2D eigenvalue weighted by molar-refractivity contribution is 6.35. The molecule has 0 radical (unpaired) electrons. The number of carbonyl (C=O) groups excluding carboxylic acids is 1. The molecule has 0 aliphatic carbocycles. The van der Waals surface area contributed by atoms with Gasteiger partial charge in [0.1, 0.15) is 5.75 Å². The van der Waals surface area contributed by atoms with Crippen molar-refractivity contribution in [3.63, 3.8) is 0 Å². The summed E-state index contributed by atoms with van der Waals surface area (Å²) in [5, 5.41) is 7.06. The fourth-order valence-corrected chi connectivity index (χ4v) is 3.15. The molecule has 0 N–H and O–H groups in total. The van der Waals surface area contributed by atoms with E-state index in [-0.39, 0.29) is 11.3 Å². The van der Waals surface area contributed by atoms with Crippen molar-refractivity contribution >= 4 is 39.1 Å². The Morgan fingerprint density at radius 2 is 1.54 bits per heavy atom. The van der Waals surface area contributed by atoms with E-state index >= 15 is 0 Å². The quantitative estimate of drug-likeness (QED) is 0.399. The number of ether oxygens (including phenoxy) is 1. The van der Waals surface area contributed by atoms with Crippen molar-refractivity contribution in [3.8, 4) is 5.75 Å². The van der Waals surface area contributed by atoms with E-state index in [0.29, 0.717) is 21.5 Å². The first-order valence-corrected chi connectivity index (χ1v) is 8.29. The van der Waals surface area contributed by atoms with E-state index in [4.69, 9.17) is 16.3 Å². The predicted molar refractivity (Wildman–Crippen MR) is 101 cm³/mol. The number of aryl methyl sites for hydroxylation is 1. The van der Waals surface area contributed by atoms with Crippen molar-refractivity contribution in [1.29, 1.82) is 0 Å². The minimum Gasteiger partial charge on any atom is -0.421 e. The summed E-state index contributed by atoms with van der Waals surface area (Å²) in [6.07, 6.45) is 0. The highest BCUT2D eigenvalue weighted by Gasteiger charge is 2.19. The molecule has 0 bridgehead atoms. The second-order valence-corrected chi connectivity index (χ2v) is 6.21. The molecule has 0 fully saturated rings. The zero-order valence-corrected chi connectivity index (χ0v) is 14.5. The lowest BCUT2D eigenvalue weighted by Crippen LogP contribution is -2.24. The van der Waals surface area contributed by atoms with E-state index < -0.39 is 5.97 Å². The highest BCUT2D eigenvalue weighted by atomic mass is 35.5. The van der Waals surface area contributed by atoms with Crippen LogP contribution in [-0.2, 0) is 7.05 Å². The van der Waals surface area contributed by atoms with Crippen LogP contribution in [-0.4, -0.2) is 15.7 Å². The molecule has 26 heavy (non-hydrogen) atoms. The van der Waals surface area contributed by atoms with Gasteiger partial charge in [-0.2, -0.15) is 5.10 Å². The number of hydrogen-bond acceptors (Lipinski definition) is 4. The monoisotopic (exact) mass is 364 g/mol. The van der Waals surface area contributed by atoms with Crippen molar-refractivity contribution in [2.24, 2.45) is 7.05 Å². The molecule has 0 unspecified atom stereocenters. The molecule has 4 aromatic rings. The molecule has 128 valence electrons. The largest absolute Gasteiger partial charge is 0.421 e. The van der Waals surface area contributed by atoms with Crippen molar-refractivity contribution in [2.45, 2.75) is 0 Å². The maximum absolute atomic E-state index is 12.8. The van der Waals surface area contributed by atoms with E-state index in [1.54, 1.807) is 36.4 Å². The van der Waals surface area contributed by atoms with Gasteiger partial charge in [-0.25, -0.2) is 9.48 Å². The molecule has 0 aliphatic heterocycles. The molecule has 5 nitrogen and oxygen atoms in total. The Bertz CT molecular complexity index is 1230. The Balaban J connectivity index is 1.84. The Morgan fingerprint density at radius 1 is 0.923 bits per heavy atom. The molecule has 0 aliphatic rings. The summed E-state index contributed by atoms with van der Waals surface area (Å²) in [5.41, 5.74) is -0.184. The maximum Gasteiger partial charge on any atom is 0.364 e. The number of hydrogen-bond donors (Lipinski definition) is 0. The van der Waals surface area contributed by atoms with Gasteiger partial charge < -0.3 is 4.74 Å². The van der Waals surface area contributed by atoms with Crippen LogP contribution in [0, 0.1) is 0 Å². The van der Waals surface area contributed by atoms with Crippen LogP contribution in [0.4, 0.5) is 0 Å². The summed E-state index contributed by atoms with van der Waals surface area (Å²) >= 11 is 6.21. The Hall–Kier alpha value is -3.18. The van der Waals surface area contributed by atoms with Gasteiger partial charge in [0.2, 0.25) is 0 Å². The maximum atomic E-state index is 12.8. The van der Waals surface area contributed by atoms with Crippen LogP contribution < -0.4 is 10.3 Å². The van der Waals surface area contributed by atoms with Crippen molar-refractivity contribution in [3.05, 3.63) is 81.7 Å². The zero-order chi connectivity index (χ0) is 18.3. The average Bonchev–Trinajstić information content (AvgIpc) is 2.67. The Labute approximate surface area is 153 Å². The molecule has 1 heterocycles. The van der Waals surface area contributed by atoms with Gasteiger partial charge in [-0.15, -0.1) is 0 Å². The minimum atomic E-state index is -0.635. The SMILES string of the molecule is Cn1nc(C(=O)Oc2ccc(Cl)c3ccccc23)c2ccccc2c1=O. The second kappa shape index (κ2) is 6.28. The second-order valence-electron chi connectivity index (χ2n) is 5.80. The van der Waals surface area contributed by atoms with E-state index in [1.165, 1.54) is 7.05 Å². The van der Waals surface area contributed by atoms with Crippen LogP contribution in [0.2, 0.25) is 5.02 Å². The van der Waals surface area contributed by atoms with Crippen LogP contribution in [0.3, 0.4) is 0 Å². The van der Waals surface area contributed by atoms with E-state index in [9.17, 15) is 9.59 Å². The van der Waals surface area contributed by atoms with Gasteiger partial charge in [0.15, 0.2) is 5.69 Å². The molecule has 4 rings (SSSR count). The number of carbonyl (C=O) groups is 1. The third kappa shape index (κ3) is 2.62.